The van der Waals surface area contributed by atoms with Crippen LogP contribution in [0.3, 0.4) is 0 Å². The molecule has 0 spiro atoms. The number of aromatic amines is 1. The highest BCUT2D eigenvalue weighted by molar-refractivity contribution is 5.26. The second kappa shape index (κ2) is 2.14. The van der Waals surface area contributed by atoms with Gasteiger partial charge in [0.05, 0.1) is 0 Å². The first-order valence-electron chi connectivity index (χ1n) is 2.30. The topological polar surface area (TPSA) is 103 Å². The number of nitriles is 1. The summed E-state index contributed by atoms with van der Waals surface area (Å²) in [6, 6.07) is 1.53. The van der Waals surface area contributed by atoms with Crippen molar-refractivity contribution in [2.75, 3.05) is 0 Å². The molecule has 0 bridgehead atoms. The van der Waals surface area contributed by atoms with Gasteiger partial charge in [-0.15, -0.1) is 0 Å². The van der Waals surface area contributed by atoms with Gasteiger partial charge in [0.1, 0.15) is 6.07 Å². The zero-order valence-corrected chi connectivity index (χ0v) is 4.70. The van der Waals surface area contributed by atoms with Gasteiger partial charge in [-0.1, -0.05) is 0 Å². The summed E-state index contributed by atoms with van der Waals surface area (Å²) in [5.41, 5.74) is -1.07. The van der Waals surface area contributed by atoms with E-state index in [1.165, 1.54) is 6.07 Å². The van der Waals surface area contributed by atoms with Crippen LogP contribution in [0.2, 0.25) is 0 Å². The van der Waals surface area contributed by atoms with E-state index in [0.717, 1.165) is 0 Å². The van der Waals surface area contributed by atoms with Gasteiger partial charge in [-0.05, 0) is 0 Å². The highest BCUT2D eigenvalue weighted by Crippen LogP contribution is 2.01. The van der Waals surface area contributed by atoms with Crippen LogP contribution in [0.1, 0.15) is 5.69 Å². The van der Waals surface area contributed by atoms with E-state index < -0.39 is 11.6 Å². The lowest BCUT2D eigenvalue weighted by atomic mass is 10.5. The molecule has 0 atom stereocenters. The Labute approximate surface area is 54.8 Å². The third kappa shape index (κ3) is 0.925. The van der Waals surface area contributed by atoms with Crippen molar-refractivity contribution >= 4 is 0 Å². The first-order chi connectivity index (χ1) is 4.74. The lowest BCUT2D eigenvalue weighted by Crippen LogP contribution is -2.12. The van der Waals surface area contributed by atoms with E-state index in [9.17, 15) is 4.79 Å². The van der Waals surface area contributed by atoms with Crippen molar-refractivity contribution in [3.05, 3.63) is 16.2 Å². The Hall–Kier alpha value is -1.90. The molecular weight excluding hydrogens is 136 g/mol. The summed E-state index contributed by atoms with van der Waals surface area (Å²) in [7, 11) is 0. The van der Waals surface area contributed by atoms with E-state index in [4.69, 9.17) is 10.4 Å². The summed E-state index contributed by atoms with van der Waals surface area (Å²) in [5.74, 6) is -0.647. The first-order valence-corrected chi connectivity index (χ1v) is 2.30. The molecule has 1 heterocycles. The Morgan fingerprint density at radius 2 is 2.40 bits per heavy atom. The molecule has 2 N–H and O–H groups in total. The molecule has 0 amide bonds. The van der Waals surface area contributed by atoms with Crippen LogP contribution < -0.4 is 5.69 Å². The van der Waals surface area contributed by atoms with Gasteiger partial charge in [-0.3, -0.25) is 0 Å². The van der Waals surface area contributed by atoms with Gasteiger partial charge in [0.25, 0.3) is 5.88 Å². The van der Waals surface area contributed by atoms with Crippen LogP contribution >= 0.6 is 0 Å². The third-order valence-electron chi connectivity index (χ3n) is 0.789. The van der Waals surface area contributed by atoms with Crippen molar-refractivity contribution in [1.29, 1.82) is 5.26 Å². The van der Waals surface area contributed by atoms with Gasteiger partial charge in [-0.2, -0.15) is 15.3 Å². The van der Waals surface area contributed by atoms with Crippen LogP contribution in [0.15, 0.2) is 4.79 Å². The highest BCUT2D eigenvalue weighted by Gasteiger charge is 2.01. The molecule has 6 nitrogen and oxygen atoms in total. The van der Waals surface area contributed by atoms with Gasteiger partial charge < -0.3 is 5.11 Å². The van der Waals surface area contributed by atoms with Crippen LogP contribution in [0, 0.1) is 11.3 Å². The third-order valence-corrected chi connectivity index (χ3v) is 0.789. The number of nitrogens with one attached hydrogen (secondary N) is 1. The quantitative estimate of drug-likeness (QED) is 0.465. The molecule has 0 fully saturated rings. The molecule has 0 aromatic carbocycles. The van der Waals surface area contributed by atoms with Gasteiger partial charge in [0.2, 0.25) is 5.69 Å². The second-order valence-electron chi connectivity index (χ2n) is 1.42. The Morgan fingerprint density at radius 1 is 1.70 bits per heavy atom. The number of hydrogen-bond acceptors (Lipinski definition) is 5. The zero-order valence-electron chi connectivity index (χ0n) is 4.70. The average Bonchev–Trinajstić information content (AvgIpc) is 1.88. The van der Waals surface area contributed by atoms with Crippen LogP contribution in [-0.4, -0.2) is 20.3 Å². The Morgan fingerprint density at radius 3 is 2.90 bits per heavy atom. The Bertz CT molecular complexity index is 336. The smallest absolute Gasteiger partial charge is 0.364 e. The van der Waals surface area contributed by atoms with Gasteiger partial charge in [0, 0.05) is 0 Å². The van der Waals surface area contributed by atoms with Crippen LogP contribution in [-0.2, 0) is 0 Å². The number of aromatic nitrogens is 3. The largest absolute Gasteiger partial charge is 0.491 e. The lowest BCUT2D eigenvalue weighted by Gasteiger charge is -1.87. The minimum atomic E-state index is -0.781. The number of hydrogen-bond donors (Lipinski definition) is 2. The lowest BCUT2D eigenvalue weighted by molar-refractivity contribution is 0.441. The molecule has 50 valence electrons. The maximum absolute atomic E-state index is 10.3. The van der Waals surface area contributed by atoms with Crippen LogP contribution in [0.25, 0.3) is 0 Å². The van der Waals surface area contributed by atoms with Gasteiger partial charge in [-0.25, -0.2) is 9.89 Å². The molecule has 1 aromatic heterocycles. The van der Waals surface area contributed by atoms with Crippen molar-refractivity contribution in [3.8, 4) is 11.9 Å². The molecule has 0 saturated carbocycles. The highest BCUT2D eigenvalue weighted by atomic mass is 16.3. The summed E-state index contributed by atoms with van der Waals surface area (Å²) in [4.78, 5) is 13.3. The molecule has 1 aromatic rings. The van der Waals surface area contributed by atoms with Gasteiger partial charge >= 0.3 is 5.69 Å². The van der Waals surface area contributed by atoms with Crippen molar-refractivity contribution in [1.82, 2.24) is 15.2 Å². The standard InChI is InChI=1S/C4H2N4O2/c5-1-2-3(9)6-4(10)8-7-2/h(H2,6,8,9,10). The van der Waals surface area contributed by atoms with Crippen LogP contribution in [0.4, 0.5) is 0 Å². The van der Waals surface area contributed by atoms with E-state index >= 15 is 0 Å². The number of H-pyrrole nitrogens is 1. The second-order valence-corrected chi connectivity index (χ2v) is 1.42. The van der Waals surface area contributed by atoms with E-state index in [2.05, 4.69) is 10.1 Å². The summed E-state index contributed by atoms with van der Waals surface area (Å²) in [6.07, 6.45) is 0. The molecule has 0 radical (unpaired) electrons. The minimum absolute atomic E-state index is 0.292. The molecule has 10 heavy (non-hydrogen) atoms. The molecule has 0 aliphatic rings. The number of rotatable bonds is 0. The van der Waals surface area contributed by atoms with E-state index in [0.29, 0.717) is 0 Å². The molecule has 1 rings (SSSR count). The normalized spacial score (nSPS) is 8.70. The summed E-state index contributed by atoms with van der Waals surface area (Å²) >= 11 is 0. The molecule has 0 unspecified atom stereocenters. The van der Waals surface area contributed by atoms with Crippen LogP contribution in [0.5, 0.6) is 5.88 Å². The van der Waals surface area contributed by atoms with Crippen molar-refractivity contribution < 1.29 is 5.11 Å². The van der Waals surface area contributed by atoms with E-state index in [-0.39, 0.29) is 5.69 Å². The summed E-state index contributed by atoms with van der Waals surface area (Å²) in [5, 5.41) is 21.9. The maximum atomic E-state index is 10.3. The first kappa shape index (κ1) is 6.22. The molecule has 6 heteroatoms. The van der Waals surface area contributed by atoms with Crippen molar-refractivity contribution in [2.24, 2.45) is 0 Å². The van der Waals surface area contributed by atoms with Crippen molar-refractivity contribution in [2.45, 2.75) is 0 Å². The monoisotopic (exact) mass is 138 g/mol. The number of nitrogens with zero attached hydrogens (tertiary/aromatic N) is 3. The Balaban J connectivity index is 3.37. The predicted octanol–water partition coefficient (Wildman–Crippen LogP) is -1.26. The predicted molar refractivity (Wildman–Crippen MR) is 29.0 cm³/mol. The van der Waals surface area contributed by atoms with Crippen molar-refractivity contribution in [3.63, 3.8) is 0 Å². The molecule has 0 aliphatic carbocycles. The van der Waals surface area contributed by atoms with Gasteiger partial charge in [0.15, 0.2) is 0 Å². The fourth-order valence-electron chi connectivity index (χ4n) is 0.403. The SMILES string of the molecule is N#Cc1n[nH]c(=O)nc1O. The maximum Gasteiger partial charge on any atom is 0.364 e. The fraction of sp³-hybridized carbons (Fsp3) is 0. The molecular formula is C4H2N4O2. The zero-order chi connectivity index (χ0) is 7.56. The van der Waals surface area contributed by atoms with E-state index in [1.54, 1.807) is 0 Å². The fourth-order valence-corrected chi connectivity index (χ4v) is 0.403. The van der Waals surface area contributed by atoms with E-state index in [1.807, 2.05) is 5.10 Å². The summed E-state index contributed by atoms with van der Waals surface area (Å²) in [6.45, 7) is 0. The minimum Gasteiger partial charge on any atom is -0.491 e. The Kier molecular flexibility index (Phi) is 1.33. The average molecular weight is 138 g/mol. The molecule has 0 aliphatic heterocycles. The molecule has 0 saturated heterocycles. The summed E-state index contributed by atoms with van der Waals surface area (Å²) < 4.78 is 0. The number of aromatic hydroxyl groups is 1.